The maximum atomic E-state index is 13.7. The summed E-state index contributed by atoms with van der Waals surface area (Å²) < 4.78 is 26.6. The monoisotopic (exact) mass is 277 g/mol. The van der Waals surface area contributed by atoms with Crippen LogP contribution >= 0.6 is 0 Å². The van der Waals surface area contributed by atoms with Crippen LogP contribution in [-0.4, -0.2) is 11.1 Å². The predicted octanol–water partition coefficient (Wildman–Crippen LogP) is 3.11. The van der Waals surface area contributed by atoms with Crippen molar-refractivity contribution in [2.24, 2.45) is 5.73 Å². The van der Waals surface area contributed by atoms with Crippen LogP contribution in [0.2, 0.25) is 0 Å². The first-order valence-electron chi connectivity index (χ1n) is 6.00. The van der Waals surface area contributed by atoms with Gasteiger partial charge in [-0.15, -0.1) is 0 Å². The summed E-state index contributed by atoms with van der Waals surface area (Å²) in [5.74, 6) is -2.32. The van der Waals surface area contributed by atoms with Gasteiger partial charge in [-0.25, -0.2) is 8.78 Å². The van der Waals surface area contributed by atoms with Gasteiger partial charge in [-0.2, -0.15) is 0 Å². The number of carboxylic acid groups (broad SMARTS) is 1. The Morgan fingerprint density at radius 1 is 1.20 bits per heavy atom. The van der Waals surface area contributed by atoms with E-state index in [1.807, 2.05) is 0 Å². The first-order chi connectivity index (χ1) is 9.47. The lowest BCUT2D eigenvalue weighted by atomic mass is 9.98. The Balaban J connectivity index is 2.36. The summed E-state index contributed by atoms with van der Waals surface area (Å²) in [4.78, 5) is 10.6. The average Bonchev–Trinajstić information content (AvgIpc) is 2.38. The Labute approximate surface area is 114 Å². The quantitative estimate of drug-likeness (QED) is 0.902. The maximum Gasteiger partial charge on any atom is 0.305 e. The number of carboxylic acids is 1. The fourth-order valence-corrected chi connectivity index (χ4v) is 1.97. The molecule has 0 spiro atoms. The topological polar surface area (TPSA) is 63.3 Å². The Hall–Kier alpha value is -2.27. The van der Waals surface area contributed by atoms with Crippen molar-refractivity contribution in [2.45, 2.75) is 12.5 Å². The number of benzene rings is 2. The van der Waals surface area contributed by atoms with Crippen LogP contribution in [0.15, 0.2) is 42.5 Å². The summed E-state index contributed by atoms with van der Waals surface area (Å²) in [5, 5.41) is 8.72. The number of carbonyl (C=O) groups is 1. The molecule has 0 radical (unpaired) electrons. The first kappa shape index (κ1) is 14.1. The van der Waals surface area contributed by atoms with E-state index in [-0.39, 0.29) is 12.0 Å². The van der Waals surface area contributed by atoms with Crippen LogP contribution in [0.5, 0.6) is 0 Å². The molecule has 5 heteroatoms. The van der Waals surface area contributed by atoms with Crippen molar-refractivity contribution in [3.05, 3.63) is 59.7 Å². The summed E-state index contributed by atoms with van der Waals surface area (Å²) in [5.41, 5.74) is 7.14. The minimum Gasteiger partial charge on any atom is -0.481 e. The van der Waals surface area contributed by atoms with Crippen molar-refractivity contribution in [3.8, 4) is 11.1 Å². The zero-order chi connectivity index (χ0) is 14.7. The van der Waals surface area contributed by atoms with Gasteiger partial charge in [-0.05, 0) is 29.3 Å². The molecule has 2 rings (SSSR count). The molecule has 0 unspecified atom stereocenters. The fourth-order valence-electron chi connectivity index (χ4n) is 1.97. The molecule has 0 saturated heterocycles. The van der Waals surface area contributed by atoms with Gasteiger partial charge in [-0.1, -0.05) is 18.2 Å². The lowest BCUT2D eigenvalue weighted by molar-refractivity contribution is -0.137. The number of halogens is 2. The molecule has 0 fully saturated rings. The van der Waals surface area contributed by atoms with E-state index in [9.17, 15) is 13.6 Å². The van der Waals surface area contributed by atoms with Crippen LogP contribution < -0.4 is 5.73 Å². The molecule has 0 aromatic heterocycles. The Morgan fingerprint density at radius 2 is 1.95 bits per heavy atom. The largest absolute Gasteiger partial charge is 0.481 e. The van der Waals surface area contributed by atoms with Gasteiger partial charge in [0, 0.05) is 17.7 Å². The van der Waals surface area contributed by atoms with E-state index >= 15 is 0 Å². The van der Waals surface area contributed by atoms with E-state index in [1.165, 1.54) is 12.1 Å². The molecule has 0 aliphatic carbocycles. The summed E-state index contributed by atoms with van der Waals surface area (Å²) in [6.07, 6.45) is -0.213. The third kappa shape index (κ3) is 3.19. The molecule has 0 saturated carbocycles. The first-order valence-corrected chi connectivity index (χ1v) is 6.00. The fraction of sp³-hybridized carbons (Fsp3) is 0.133. The lowest BCUT2D eigenvalue weighted by Crippen LogP contribution is -2.14. The van der Waals surface area contributed by atoms with E-state index in [4.69, 9.17) is 10.8 Å². The van der Waals surface area contributed by atoms with Crippen LogP contribution in [0.4, 0.5) is 8.78 Å². The average molecular weight is 277 g/mol. The highest BCUT2D eigenvalue weighted by Crippen LogP contribution is 2.26. The zero-order valence-electron chi connectivity index (χ0n) is 10.5. The van der Waals surface area contributed by atoms with E-state index in [1.54, 1.807) is 24.3 Å². The number of rotatable bonds is 4. The smallest absolute Gasteiger partial charge is 0.305 e. The predicted molar refractivity (Wildman–Crippen MR) is 71.0 cm³/mol. The van der Waals surface area contributed by atoms with Crippen molar-refractivity contribution in [3.63, 3.8) is 0 Å². The third-order valence-electron chi connectivity index (χ3n) is 2.95. The minimum atomic E-state index is -1.00. The van der Waals surface area contributed by atoms with E-state index in [2.05, 4.69) is 0 Å². The van der Waals surface area contributed by atoms with E-state index in [0.29, 0.717) is 11.1 Å². The molecular formula is C15H13F2NO2. The summed E-state index contributed by atoms with van der Waals surface area (Å²) in [7, 11) is 0. The molecule has 0 aliphatic rings. The molecule has 0 amide bonds. The molecule has 0 aliphatic heterocycles. The second kappa shape index (κ2) is 5.79. The molecule has 2 aromatic carbocycles. The van der Waals surface area contributed by atoms with Crippen LogP contribution in [0, 0.1) is 11.6 Å². The van der Waals surface area contributed by atoms with Crippen molar-refractivity contribution in [2.75, 3.05) is 0 Å². The highest BCUT2D eigenvalue weighted by molar-refractivity contribution is 5.69. The third-order valence-corrected chi connectivity index (χ3v) is 2.95. The highest BCUT2D eigenvalue weighted by atomic mass is 19.1. The summed E-state index contributed by atoms with van der Waals surface area (Å²) >= 11 is 0. The van der Waals surface area contributed by atoms with Crippen molar-refractivity contribution in [1.82, 2.24) is 0 Å². The van der Waals surface area contributed by atoms with Crippen molar-refractivity contribution < 1.29 is 18.7 Å². The van der Waals surface area contributed by atoms with E-state index in [0.717, 1.165) is 6.07 Å². The molecule has 0 bridgehead atoms. The number of nitrogens with two attached hydrogens (primary N) is 1. The van der Waals surface area contributed by atoms with Gasteiger partial charge in [0.2, 0.25) is 0 Å². The molecule has 0 heterocycles. The van der Waals surface area contributed by atoms with Crippen LogP contribution in [0.25, 0.3) is 11.1 Å². The molecular weight excluding hydrogens is 264 g/mol. The summed E-state index contributed by atoms with van der Waals surface area (Å²) in [6.45, 7) is 0. The molecule has 2 aromatic rings. The van der Waals surface area contributed by atoms with Crippen molar-refractivity contribution in [1.29, 1.82) is 0 Å². The van der Waals surface area contributed by atoms with Crippen molar-refractivity contribution >= 4 is 5.97 Å². The van der Waals surface area contributed by atoms with Gasteiger partial charge < -0.3 is 10.8 Å². The van der Waals surface area contributed by atoms with Gasteiger partial charge >= 0.3 is 5.97 Å². The van der Waals surface area contributed by atoms with Gasteiger partial charge in [0.15, 0.2) is 0 Å². The maximum absolute atomic E-state index is 13.7. The van der Waals surface area contributed by atoms with Crippen LogP contribution in [0.1, 0.15) is 18.0 Å². The number of hydrogen-bond donors (Lipinski definition) is 2. The SMILES string of the molecule is N[C@@H](CC(=O)O)c1cccc(-c2ccc(F)cc2F)c1. The molecule has 1 atom stereocenters. The Bertz CT molecular complexity index is 644. The Kier molecular flexibility index (Phi) is 4.10. The highest BCUT2D eigenvalue weighted by Gasteiger charge is 2.12. The van der Waals surface area contributed by atoms with Crippen LogP contribution in [-0.2, 0) is 4.79 Å². The standard InChI is InChI=1S/C15H13F2NO2/c16-11-4-5-12(13(17)7-11)9-2-1-3-10(6-9)14(18)8-15(19)20/h1-7,14H,8,18H2,(H,19,20)/t14-/m0/s1. The van der Waals surface area contributed by atoms with Gasteiger partial charge in [0.1, 0.15) is 11.6 Å². The Morgan fingerprint density at radius 3 is 2.60 bits per heavy atom. The second-order valence-electron chi connectivity index (χ2n) is 4.45. The second-order valence-corrected chi connectivity index (χ2v) is 4.45. The van der Waals surface area contributed by atoms with E-state index < -0.39 is 23.6 Å². The van der Waals surface area contributed by atoms with Gasteiger partial charge in [0.25, 0.3) is 0 Å². The number of hydrogen-bond acceptors (Lipinski definition) is 2. The zero-order valence-corrected chi connectivity index (χ0v) is 10.5. The molecule has 20 heavy (non-hydrogen) atoms. The molecule has 104 valence electrons. The number of aliphatic carboxylic acids is 1. The lowest BCUT2D eigenvalue weighted by Gasteiger charge is -2.11. The molecule has 3 nitrogen and oxygen atoms in total. The minimum absolute atomic E-state index is 0.213. The normalized spacial score (nSPS) is 12.2. The summed E-state index contributed by atoms with van der Waals surface area (Å²) in [6, 6.07) is 9.26. The van der Waals surface area contributed by atoms with Crippen LogP contribution in [0.3, 0.4) is 0 Å². The molecule has 3 N–H and O–H groups in total. The van der Waals surface area contributed by atoms with Gasteiger partial charge in [-0.3, -0.25) is 4.79 Å². The van der Waals surface area contributed by atoms with Gasteiger partial charge in [0.05, 0.1) is 6.42 Å².